The number of unbranched alkanes of at least 4 members (excludes halogenated alkanes) is 22. The molecule has 0 spiro atoms. The van der Waals surface area contributed by atoms with Crippen molar-refractivity contribution in [2.24, 2.45) is 0 Å². The van der Waals surface area contributed by atoms with Gasteiger partial charge in [0.25, 0.3) is 0 Å². The number of hydrogen-bond acceptors (Lipinski definition) is 7. The molecule has 0 aromatic carbocycles. The van der Waals surface area contributed by atoms with Crippen molar-refractivity contribution in [3.05, 3.63) is 24.3 Å². The van der Waals surface area contributed by atoms with Gasteiger partial charge < -0.3 is 20.1 Å². The van der Waals surface area contributed by atoms with Gasteiger partial charge in [-0.2, -0.15) is 0 Å². The van der Waals surface area contributed by atoms with Gasteiger partial charge in [-0.15, -0.1) is 0 Å². The molecule has 51 heavy (non-hydrogen) atoms. The number of carbonyl (C=O) groups excluding carboxylic acids is 2. The molecule has 300 valence electrons. The predicted molar refractivity (Wildman–Crippen MR) is 211 cm³/mol. The van der Waals surface area contributed by atoms with Gasteiger partial charge in [0, 0.05) is 19.4 Å². The van der Waals surface area contributed by atoms with E-state index in [-0.39, 0.29) is 32.1 Å². The van der Waals surface area contributed by atoms with Crippen LogP contribution in [0, 0.1) is 0 Å². The van der Waals surface area contributed by atoms with Crippen LogP contribution in [0.3, 0.4) is 0 Å². The van der Waals surface area contributed by atoms with Gasteiger partial charge in [0.05, 0.1) is 13.2 Å². The van der Waals surface area contributed by atoms with Gasteiger partial charge in [0.15, 0.2) is 0 Å². The first kappa shape index (κ1) is 49.5. The van der Waals surface area contributed by atoms with E-state index in [1.165, 1.54) is 122 Å². The minimum absolute atomic E-state index is 0.0827. The summed E-state index contributed by atoms with van der Waals surface area (Å²) in [5.74, 6) is -0.518. The highest BCUT2D eigenvalue weighted by atomic mass is 31.2. The van der Waals surface area contributed by atoms with E-state index in [0.717, 1.165) is 44.9 Å². The van der Waals surface area contributed by atoms with Crippen molar-refractivity contribution >= 4 is 19.7 Å². The summed E-state index contributed by atoms with van der Waals surface area (Å²) in [5.41, 5.74) is 0. The van der Waals surface area contributed by atoms with Gasteiger partial charge in [-0.3, -0.25) is 18.6 Å². The molecule has 0 heterocycles. The Morgan fingerprint density at radius 2 is 1.06 bits per heavy atom. The van der Waals surface area contributed by atoms with Crippen LogP contribution in [0.15, 0.2) is 24.3 Å². The number of aliphatic hydroxyl groups excluding tert-OH is 1. The molecule has 0 saturated carbocycles. The Balaban J connectivity index is 3.56. The van der Waals surface area contributed by atoms with Crippen molar-refractivity contribution in [1.29, 1.82) is 0 Å². The summed E-state index contributed by atoms with van der Waals surface area (Å²) in [7, 11) is -4.41. The Bertz CT molecular complexity index is 897. The number of ether oxygens (including phenoxy) is 1. The lowest BCUT2D eigenvalue weighted by molar-refractivity contribution is -0.147. The average molecular weight is 744 g/mol. The fourth-order valence-corrected chi connectivity index (χ4v) is 6.46. The number of allylic oxidation sites excluding steroid dienone is 4. The average Bonchev–Trinajstić information content (AvgIpc) is 3.11. The molecule has 0 aromatic heterocycles. The molecular formula is C41H78NO8P. The number of phosphoric ester groups is 1. The Hall–Kier alpha value is -1.51. The normalized spacial score (nSPS) is 13.6. The fraction of sp³-hybridized carbons (Fsp3) is 0.854. The van der Waals surface area contributed by atoms with Gasteiger partial charge in [0.1, 0.15) is 12.7 Å². The monoisotopic (exact) mass is 744 g/mol. The topological polar surface area (TPSA) is 131 Å². The summed E-state index contributed by atoms with van der Waals surface area (Å²) in [6, 6.07) is 0. The number of esters is 1. The molecule has 10 heteroatoms. The van der Waals surface area contributed by atoms with E-state index < -0.39 is 26.5 Å². The molecule has 0 fully saturated rings. The van der Waals surface area contributed by atoms with Crippen LogP contribution in [-0.4, -0.2) is 54.3 Å². The summed E-state index contributed by atoms with van der Waals surface area (Å²) in [4.78, 5) is 33.7. The van der Waals surface area contributed by atoms with Crippen LogP contribution in [-0.2, 0) is 27.9 Å². The van der Waals surface area contributed by atoms with Gasteiger partial charge in [-0.05, 0) is 44.9 Å². The third-order valence-electron chi connectivity index (χ3n) is 8.88. The molecule has 3 N–H and O–H groups in total. The number of amides is 1. The van der Waals surface area contributed by atoms with Crippen molar-refractivity contribution in [2.45, 2.75) is 200 Å². The number of rotatable bonds is 39. The van der Waals surface area contributed by atoms with Crippen LogP contribution in [0.4, 0.5) is 0 Å². The Labute approximate surface area is 312 Å². The van der Waals surface area contributed by atoms with Crippen molar-refractivity contribution in [3.63, 3.8) is 0 Å². The first-order valence-electron chi connectivity index (χ1n) is 20.8. The first-order valence-corrected chi connectivity index (χ1v) is 22.3. The zero-order valence-corrected chi connectivity index (χ0v) is 33.7. The molecule has 0 aliphatic heterocycles. The van der Waals surface area contributed by atoms with Gasteiger partial charge in [-0.25, -0.2) is 4.57 Å². The number of phosphoric acid groups is 1. The van der Waals surface area contributed by atoms with Crippen molar-refractivity contribution < 1.29 is 37.9 Å². The Kier molecular flexibility index (Phi) is 37.1. The molecule has 2 atom stereocenters. The van der Waals surface area contributed by atoms with E-state index in [2.05, 4.69) is 43.5 Å². The van der Waals surface area contributed by atoms with Gasteiger partial charge >= 0.3 is 13.8 Å². The minimum atomic E-state index is -4.41. The lowest BCUT2D eigenvalue weighted by Gasteiger charge is -2.15. The van der Waals surface area contributed by atoms with E-state index in [4.69, 9.17) is 13.8 Å². The smallest absolute Gasteiger partial charge is 0.463 e. The Morgan fingerprint density at radius 1 is 0.608 bits per heavy atom. The first-order chi connectivity index (χ1) is 24.8. The molecule has 2 unspecified atom stereocenters. The second-order valence-electron chi connectivity index (χ2n) is 14.0. The lowest BCUT2D eigenvalue weighted by atomic mass is 10.0. The molecule has 1 amide bonds. The maximum absolute atomic E-state index is 12.1. The summed E-state index contributed by atoms with van der Waals surface area (Å²) in [5, 5.41) is 12.6. The SMILES string of the molecule is CCCCC/C=C\C/C=C\CCCCCCCCCCCCCC(=O)NCCOP(=O)(O)OCC(O)COC(=O)CCCCCCCCCCC. The van der Waals surface area contributed by atoms with Crippen molar-refractivity contribution in [1.82, 2.24) is 5.32 Å². The van der Waals surface area contributed by atoms with Crippen LogP contribution in [0.25, 0.3) is 0 Å². The second kappa shape index (κ2) is 38.2. The molecule has 0 aliphatic rings. The number of aliphatic hydroxyl groups is 1. The standard InChI is InChI=1S/C41H78NO8P/c1-3-5-7-9-11-13-14-15-16-17-18-19-20-21-22-23-24-26-27-29-31-33-40(44)42-35-36-49-51(46,47)50-38-39(43)37-48-41(45)34-32-30-28-25-12-10-8-6-4-2/h11,13,15-16,39,43H,3-10,12,14,17-38H2,1-2H3,(H,42,44)(H,46,47)/b13-11-,16-15-. The summed E-state index contributed by atoms with van der Waals surface area (Å²) >= 11 is 0. The molecular weight excluding hydrogens is 665 g/mol. The quantitative estimate of drug-likeness (QED) is 0.0245. The molecule has 0 bridgehead atoms. The van der Waals surface area contributed by atoms with Crippen LogP contribution in [0.2, 0.25) is 0 Å². The highest BCUT2D eigenvalue weighted by Crippen LogP contribution is 2.42. The van der Waals surface area contributed by atoms with Crippen LogP contribution >= 0.6 is 7.82 Å². The van der Waals surface area contributed by atoms with E-state index in [1.54, 1.807) is 0 Å². The number of hydrogen-bond donors (Lipinski definition) is 3. The lowest BCUT2D eigenvalue weighted by Crippen LogP contribution is -2.27. The van der Waals surface area contributed by atoms with E-state index in [9.17, 15) is 24.2 Å². The Morgan fingerprint density at radius 3 is 1.61 bits per heavy atom. The predicted octanol–water partition coefficient (Wildman–Crippen LogP) is 11.2. The van der Waals surface area contributed by atoms with Crippen molar-refractivity contribution in [2.75, 3.05) is 26.4 Å². The molecule has 0 aromatic rings. The third-order valence-corrected chi connectivity index (χ3v) is 9.87. The van der Waals surface area contributed by atoms with Crippen LogP contribution < -0.4 is 5.32 Å². The number of nitrogens with one attached hydrogen (secondary N) is 1. The second-order valence-corrected chi connectivity index (χ2v) is 15.4. The summed E-state index contributed by atoms with van der Waals surface area (Å²) < 4.78 is 26.8. The van der Waals surface area contributed by atoms with E-state index >= 15 is 0 Å². The van der Waals surface area contributed by atoms with E-state index in [0.29, 0.717) is 6.42 Å². The molecule has 0 radical (unpaired) electrons. The van der Waals surface area contributed by atoms with Gasteiger partial charge in [0.2, 0.25) is 5.91 Å². The minimum Gasteiger partial charge on any atom is -0.463 e. The summed E-state index contributed by atoms with van der Waals surface area (Å²) in [6.07, 6.45) is 39.7. The maximum Gasteiger partial charge on any atom is 0.472 e. The molecule has 0 aliphatic carbocycles. The third kappa shape index (κ3) is 39.5. The molecule has 9 nitrogen and oxygen atoms in total. The van der Waals surface area contributed by atoms with Crippen LogP contribution in [0.1, 0.15) is 194 Å². The largest absolute Gasteiger partial charge is 0.472 e. The number of carbonyl (C=O) groups is 2. The molecule has 0 rings (SSSR count). The zero-order valence-electron chi connectivity index (χ0n) is 32.8. The van der Waals surface area contributed by atoms with E-state index in [1.807, 2.05) is 0 Å². The van der Waals surface area contributed by atoms with Crippen molar-refractivity contribution in [3.8, 4) is 0 Å². The molecule has 0 saturated heterocycles. The zero-order chi connectivity index (χ0) is 37.5. The van der Waals surface area contributed by atoms with Crippen LogP contribution in [0.5, 0.6) is 0 Å². The highest BCUT2D eigenvalue weighted by molar-refractivity contribution is 7.47. The maximum atomic E-state index is 12.1. The summed E-state index contributed by atoms with van der Waals surface area (Å²) in [6.45, 7) is 3.51. The fourth-order valence-electron chi connectivity index (χ4n) is 5.70. The van der Waals surface area contributed by atoms with Gasteiger partial charge in [-0.1, -0.05) is 160 Å². The highest BCUT2D eigenvalue weighted by Gasteiger charge is 2.23.